The Balaban J connectivity index is 1.55. The predicted molar refractivity (Wildman–Crippen MR) is 154 cm³/mol. The van der Waals surface area contributed by atoms with Crippen LogP contribution in [0, 0.1) is 0 Å². The first-order valence-corrected chi connectivity index (χ1v) is 15.3. The second-order valence-electron chi connectivity index (χ2n) is 9.83. The lowest BCUT2D eigenvalue weighted by molar-refractivity contribution is 0.0600. The van der Waals surface area contributed by atoms with Crippen LogP contribution in [0.25, 0.3) is 0 Å². The molecule has 0 saturated heterocycles. The Morgan fingerprint density at radius 2 is 1.79 bits per heavy atom. The van der Waals surface area contributed by atoms with E-state index in [1.165, 1.54) is 47.0 Å². The highest BCUT2D eigenvalue weighted by molar-refractivity contribution is 7.89. The topological polar surface area (TPSA) is 96.0 Å². The summed E-state index contributed by atoms with van der Waals surface area (Å²) in [5.74, 6) is -0.890. The summed E-state index contributed by atoms with van der Waals surface area (Å²) in [5.41, 5.74) is 2.53. The van der Waals surface area contributed by atoms with Crippen molar-refractivity contribution in [2.45, 2.75) is 57.6 Å². The number of carbonyl (C=O) groups excluding carboxylic acids is 2. The van der Waals surface area contributed by atoms with E-state index < -0.39 is 21.9 Å². The van der Waals surface area contributed by atoms with Crippen LogP contribution in [0.2, 0.25) is 0 Å². The lowest BCUT2D eigenvalue weighted by Gasteiger charge is -2.26. The van der Waals surface area contributed by atoms with Gasteiger partial charge < -0.3 is 10.1 Å². The first kappa shape index (κ1) is 28.9. The Morgan fingerprint density at radius 1 is 1.10 bits per heavy atom. The van der Waals surface area contributed by atoms with Gasteiger partial charge in [0.15, 0.2) is 0 Å². The quantitative estimate of drug-likeness (QED) is 0.339. The van der Waals surface area contributed by atoms with Crippen molar-refractivity contribution in [2.24, 2.45) is 0 Å². The van der Waals surface area contributed by atoms with Crippen LogP contribution < -0.4 is 5.32 Å². The van der Waals surface area contributed by atoms with Gasteiger partial charge in [-0.2, -0.15) is 4.31 Å². The van der Waals surface area contributed by atoms with Gasteiger partial charge in [-0.25, -0.2) is 13.2 Å². The second-order valence-corrected chi connectivity index (χ2v) is 12.8. The van der Waals surface area contributed by atoms with E-state index >= 15 is 0 Å². The van der Waals surface area contributed by atoms with Gasteiger partial charge in [-0.1, -0.05) is 37.3 Å². The molecular weight excluding hydrogens is 534 g/mol. The summed E-state index contributed by atoms with van der Waals surface area (Å²) in [6, 6.07) is 15.1. The highest BCUT2D eigenvalue weighted by atomic mass is 32.2. The van der Waals surface area contributed by atoms with E-state index in [-0.39, 0.29) is 17.5 Å². The maximum absolute atomic E-state index is 13.5. The molecule has 1 aliphatic heterocycles. The fourth-order valence-corrected chi connectivity index (χ4v) is 7.67. The minimum Gasteiger partial charge on any atom is -0.465 e. The number of nitrogens with zero attached hydrogens (tertiary/aromatic N) is 2. The van der Waals surface area contributed by atoms with Crippen LogP contribution in [0.15, 0.2) is 59.5 Å². The Bertz CT molecular complexity index is 1420. The summed E-state index contributed by atoms with van der Waals surface area (Å²) in [7, 11) is -2.46. The fourth-order valence-electron chi connectivity index (χ4n) is 4.77. The molecule has 0 aliphatic carbocycles. The number of benzene rings is 2. The van der Waals surface area contributed by atoms with E-state index in [4.69, 9.17) is 4.74 Å². The molecule has 1 aliphatic rings. The van der Waals surface area contributed by atoms with E-state index in [1.807, 2.05) is 44.2 Å². The molecule has 0 radical (unpaired) electrons. The van der Waals surface area contributed by atoms with Gasteiger partial charge in [0.2, 0.25) is 10.0 Å². The summed E-state index contributed by atoms with van der Waals surface area (Å²) in [6.07, 6.45) is 1.76. The molecule has 2 aromatic carbocycles. The normalized spacial score (nSPS) is 13.9. The molecule has 0 fully saturated rings. The van der Waals surface area contributed by atoms with Gasteiger partial charge in [0.25, 0.3) is 5.91 Å². The average molecular weight is 570 g/mol. The van der Waals surface area contributed by atoms with Crippen molar-refractivity contribution in [3.05, 3.63) is 81.7 Å². The summed E-state index contributed by atoms with van der Waals surface area (Å²) < 4.78 is 33.4. The number of anilines is 1. The van der Waals surface area contributed by atoms with Crippen LogP contribution in [-0.2, 0) is 34.3 Å². The summed E-state index contributed by atoms with van der Waals surface area (Å²) >= 11 is 1.40. The van der Waals surface area contributed by atoms with E-state index in [1.54, 1.807) is 0 Å². The van der Waals surface area contributed by atoms with Crippen molar-refractivity contribution in [3.8, 4) is 0 Å². The van der Waals surface area contributed by atoms with Crippen LogP contribution >= 0.6 is 11.3 Å². The number of thiophene rings is 1. The number of hydrogen-bond donors (Lipinski definition) is 1. The van der Waals surface area contributed by atoms with E-state index in [2.05, 4.69) is 17.1 Å². The number of carbonyl (C=O) groups is 2. The molecule has 10 heteroatoms. The first-order valence-electron chi connectivity index (χ1n) is 13.1. The molecule has 39 heavy (non-hydrogen) atoms. The number of esters is 1. The Labute approximate surface area is 234 Å². The third-order valence-electron chi connectivity index (χ3n) is 6.77. The zero-order valence-electron chi connectivity index (χ0n) is 22.8. The molecule has 3 aromatic rings. The van der Waals surface area contributed by atoms with E-state index in [0.29, 0.717) is 22.5 Å². The van der Waals surface area contributed by atoms with Crippen molar-refractivity contribution in [2.75, 3.05) is 25.5 Å². The molecule has 0 saturated carbocycles. The summed E-state index contributed by atoms with van der Waals surface area (Å²) in [5, 5.41) is 3.34. The number of ether oxygens (including phenoxy) is 1. The molecule has 0 bridgehead atoms. The van der Waals surface area contributed by atoms with Crippen molar-refractivity contribution < 1.29 is 22.7 Å². The minimum atomic E-state index is -3.80. The maximum Gasteiger partial charge on any atom is 0.341 e. The van der Waals surface area contributed by atoms with Gasteiger partial charge in [0.1, 0.15) is 5.00 Å². The minimum absolute atomic E-state index is 0.113. The molecule has 0 atom stereocenters. The lowest BCUT2D eigenvalue weighted by Crippen LogP contribution is -2.36. The van der Waals surface area contributed by atoms with E-state index in [0.717, 1.165) is 42.1 Å². The van der Waals surface area contributed by atoms with Crippen molar-refractivity contribution >= 4 is 38.2 Å². The van der Waals surface area contributed by atoms with Gasteiger partial charge >= 0.3 is 5.97 Å². The molecule has 2 heterocycles. The second kappa shape index (κ2) is 12.4. The SMILES string of the molecule is CCCN1CCc2c(sc(NC(=O)c3ccc(S(=O)(=O)N(Cc4ccccc4)C(C)C)cc3)c2C(=O)OC)C1. The number of methoxy groups -OCH3 is 1. The zero-order chi connectivity index (χ0) is 28.2. The number of fused-ring (bicyclic) bond motifs is 1. The van der Waals surface area contributed by atoms with Crippen molar-refractivity contribution in [1.29, 1.82) is 0 Å². The number of nitrogens with one attached hydrogen (secondary N) is 1. The Morgan fingerprint density at radius 3 is 2.41 bits per heavy atom. The Hall–Kier alpha value is -3.05. The van der Waals surface area contributed by atoms with Crippen molar-refractivity contribution in [3.63, 3.8) is 0 Å². The first-order chi connectivity index (χ1) is 18.6. The van der Waals surface area contributed by atoms with Crippen LogP contribution in [0.4, 0.5) is 5.00 Å². The number of amides is 1. The third kappa shape index (κ3) is 6.41. The smallest absolute Gasteiger partial charge is 0.341 e. The van der Waals surface area contributed by atoms with Gasteiger partial charge in [-0.3, -0.25) is 9.69 Å². The maximum atomic E-state index is 13.5. The van der Waals surface area contributed by atoms with Gasteiger partial charge in [-0.15, -0.1) is 11.3 Å². The van der Waals surface area contributed by atoms with Crippen LogP contribution in [-0.4, -0.2) is 55.7 Å². The van der Waals surface area contributed by atoms with Gasteiger partial charge in [0.05, 0.1) is 17.6 Å². The van der Waals surface area contributed by atoms with Gasteiger partial charge in [-0.05, 0) is 68.6 Å². The van der Waals surface area contributed by atoms with Crippen LogP contribution in [0.1, 0.15) is 63.9 Å². The van der Waals surface area contributed by atoms with Crippen molar-refractivity contribution in [1.82, 2.24) is 9.21 Å². The molecule has 8 nitrogen and oxygen atoms in total. The highest BCUT2D eigenvalue weighted by Gasteiger charge is 2.30. The fraction of sp³-hybridized carbons (Fsp3) is 0.379. The molecule has 208 valence electrons. The zero-order valence-corrected chi connectivity index (χ0v) is 24.4. The molecule has 1 N–H and O–H groups in total. The van der Waals surface area contributed by atoms with Crippen LogP contribution in [0.3, 0.4) is 0 Å². The third-order valence-corrected chi connectivity index (χ3v) is 9.94. The highest BCUT2D eigenvalue weighted by Crippen LogP contribution is 2.38. The van der Waals surface area contributed by atoms with E-state index in [9.17, 15) is 18.0 Å². The lowest BCUT2D eigenvalue weighted by atomic mass is 10.0. The number of rotatable bonds is 10. The molecular formula is C29H35N3O5S2. The average Bonchev–Trinajstić information content (AvgIpc) is 3.28. The summed E-state index contributed by atoms with van der Waals surface area (Å²) in [6.45, 7) is 8.61. The molecule has 0 unspecified atom stereocenters. The molecule has 4 rings (SSSR count). The monoisotopic (exact) mass is 569 g/mol. The number of sulfonamides is 1. The number of hydrogen-bond acceptors (Lipinski definition) is 7. The molecule has 1 aromatic heterocycles. The van der Waals surface area contributed by atoms with Crippen LogP contribution in [0.5, 0.6) is 0 Å². The molecule has 1 amide bonds. The largest absolute Gasteiger partial charge is 0.465 e. The predicted octanol–water partition coefficient (Wildman–Crippen LogP) is 5.15. The molecule has 0 spiro atoms. The standard InChI is InChI=1S/C29H35N3O5S2/c1-5-16-31-17-15-24-25(19-31)38-28(26(24)29(34)37-4)30-27(33)22-11-13-23(14-12-22)39(35,36)32(20(2)3)18-21-9-7-6-8-10-21/h6-14,20H,5,15-19H2,1-4H3,(H,30,33). The van der Waals surface area contributed by atoms with Gasteiger partial charge in [0, 0.05) is 36.1 Å². The Kier molecular flexibility index (Phi) is 9.22. The summed E-state index contributed by atoms with van der Waals surface area (Å²) in [4.78, 5) is 29.3.